The first-order chi connectivity index (χ1) is 10.1. The molecule has 2 aromatic heterocycles. The standard InChI is InChI=1S/C15H20N4O2/c1-4-11-7-18-14(21-11)9-19-15(20)12-8-17-10(3)6-13(12)16-5-2/h6-8H,4-5,9H2,1-3H3,(H,16,17)(H,19,20). The third-order valence-corrected chi connectivity index (χ3v) is 3.00. The van der Waals surface area contributed by atoms with Crippen LogP contribution < -0.4 is 10.6 Å². The van der Waals surface area contributed by atoms with Gasteiger partial charge in [0.05, 0.1) is 24.0 Å². The molecule has 21 heavy (non-hydrogen) atoms. The molecule has 2 aromatic rings. The lowest BCUT2D eigenvalue weighted by molar-refractivity contribution is 0.0947. The first-order valence-electron chi connectivity index (χ1n) is 7.06. The Morgan fingerprint density at radius 3 is 2.76 bits per heavy atom. The van der Waals surface area contributed by atoms with Gasteiger partial charge in [-0.1, -0.05) is 6.92 Å². The van der Waals surface area contributed by atoms with Crippen molar-refractivity contribution >= 4 is 11.6 Å². The minimum absolute atomic E-state index is 0.199. The molecule has 0 aromatic carbocycles. The highest BCUT2D eigenvalue weighted by Gasteiger charge is 2.13. The van der Waals surface area contributed by atoms with Crippen molar-refractivity contribution in [2.75, 3.05) is 11.9 Å². The second kappa shape index (κ2) is 6.88. The molecule has 0 fully saturated rings. The van der Waals surface area contributed by atoms with Gasteiger partial charge in [-0.3, -0.25) is 9.78 Å². The SMILES string of the molecule is CCNc1cc(C)ncc1C(=O)NCc1ncc(CC)o1. The number of hydrogen-bond donors (Lipinski definition) is 2. The predicted molar refractivity (Wildman–Crippen MR) is 80.2 cm³/mol. The number of carbonyl (C=O) groups is 1. The van der Waals surface area contributed by atoms with Crippen LogP contribution in [0.3, 0.4) is 0 Å². The average molecular weight is 288 g/mol. The van der Waals surface area contributed by atoms with Gasteiger partial charge < -0.3 is 15.1 Å². The van der Waals surface area contributed by atoms with E-state index in [9.17, 15) is 4.79 Å². The molecule has 0 spiro atoms. The first-order valence-corrected chi connectivity index (χ1v) is 7.06. The number of aromatic nitrogens is 2. The number of amides is 1. The number of nitrogens with zero attached hydrogens (tertiary/aromatic N) is 2. The highest BCUT2D eigenvalue weighted by atomic mass is 16.4. The summed E-state index contributed by atoms with van der Waals surface area (Å²) >= 11 is 0. The van der Waals surface area contributed by atoms with Gasteiger partial charge >= 0.3 is 0 Å². The monoisotopic (exact) mass is 288 g/mol. The zero-order valence-electron chi connectivity index (χ0n) is 12.6. The van der Waals surface area contributed by atoms with Crippen LogP contribution in [0.4, 0.5) is 5.69 Å². The summed E-state index contributed by atoms with van der Waals surface area (Å²) in [5.41, 5.74) is 2.16. The van der Waals surface area contributed by atoms with E-state index in [1.807, 2.05) is 26.8 Å². The summed E-state index contributed by atoms with van der Waals surface area (Å²) in [5, 5.41) is 5.97. The molecule has 2 N–H and O–H groups in total. The Balaban J connectivity index is 2.05. The molecule has 1 amide bonds. The summed E-state index contributed by atoms with van der Waals surface area (Å²) in [5.74, 6) is 1.12. The van der Waals surface area contributed by atoms with Gasteiger partial charge in [-0.15, -0.1) is 0 Å². The Hall–Kier alpha value is -2.37. The fourth-order valence-electron chi connectivity index (χ4n) is 1.92. The van der Waals surface area contributed by atoms with Crippen molar-refractivity contribution in [3.05, 3.63) is 41.4 Å². The maximum Gasteiger partial charge on any atom is 0.255 e. The highest BCUT2D eigenvalue weighted by Crippen LogP contribution is 2.15. The van der Waals surface area contributed by atoms with Crippen LogP contribution in [0.5, 0.6) is 0 Å². The first kappa shape index (κ1) is 15.0. The Morgan fingerprint density at radius 1 is 1.29 bits per heavy atom. The average Bonchev–Trinajstić information content (AvgIpc) is 2.93. The Bertz CT molecular complexity index is 622. The van der Waals surface area contributed by atoms with E-state index in [0.717, 1.165) is 30.1 Å². The van der Waals surface area contributed by atoms with Crippen molar-refractivity contribution in [2.45, 2.75) is 33.7 Å². The van der Waals surface area contributed by atoms with Gasteiger partial charge in [0.1, 0.15) is 5.76 Å². The van der Waals surface area contributed by atoms with E-state index in [2.05, 4.69) is 20.6 Å². The zero-order valence-corrected chi connectivity index (χ0v) is 12.6. The van der Waals surface area contributed by atoms with E-state index in [1.54, 1.807) is 12.4 Å². The second-order valence-corrected chi connectivity index (χ2v) is 4.66. The molecule has 0 saturated heterocycles. The van der Waals surface area contributed by atoms with Gasteiger partial charge in [0.25, 0.3) is 5.91 Å². The van der Waals surface area contributed by atoms with Crippen molar-refractivity contribution in [3.8, 4) is 0 Å². The maximum absolute atomic E-state index is 12.2. The molecule has 2 rings (SSSR count). The van der Waals surface area contributed by atoms with E-state index in [0.29, 0.717) is 11.5 Å². The summed E-state index contributed by atoms with van der Waals surface area (Å²) in [6.07, 6.45) is 4.04. The molecule has 0 aliphatic carbocycles. The Morgan fingerprint density at radius 2 is 2.10 bits per heavy atom. The van der Waals surface area contributed by atoms with Crippen LogP contribution in [-0.2, 0) is 13.0 Å². The molecule has 0 aliphatic rings. The summed E-state index contributed by atoms with van der Waals surface area (Å²) in [7, 11) is 0. The molecular weight excluding hydrogens is 268 g/mol. The molecule has 0 radical (unpaired) electrons. The number of carbonyl (C=O) groups excluding carboxylic acids is 1. The third kappa shape index (κ3) is 3.81. The quantitative estimate of drug-likeness (QED) is 0.852. The van der Waals surface area contributed by atoms with Gasteiger partial charge in [-0.2, -0.15) is 0 Å². The fourth-order valence-corrected chi connectivity index (χ4v) is 1.92. The molecule has 6 nitrogen and oxygen atoms in total. The molecule has 0 unspecified atom stereocenters. The summed E-state index contributed by atoms with van der Waals surface area (Å²) in [6, 6.07) is 1.86. The fraction of sp³-hybridized carbons (Fsp3) is 0.400. The van der Waals surface area contributed by atoms with Crippen molar-refractivity contribution in [1.82, 2.24) is 15.3 Å². The van der Waals surface area contributed by atoms with E-state index in [1.165, 1.54) is 0 Å². The predicted octanol–water partition coefficient (Wildman–Crippen LogP) is 2.30. The van der Waals surface area contributed by atoms with Gasteiger partial charge in [0.15, 0.2) is 0 Å². The molecule has 112 valence electrons. The van der Waals surface area contributed by atoms with Gasteiger partial charge in [-0.25, -0.2) is 4.98 Å². The van der Waals surface area contributed by atoms with E-state index >= 15 is 0 Å². The summed E-state index contributed by atoms with van der Waals surface area (Å²) in [6.45, 7) is 6.86. The van der Waals surface area contributed by atoms with E-state index in [-0.39, 0.29) is 12.5 Å². The van der Waals surface area contributed by atoms with Crippen LogP contribution in [0.25, 0.3) is 0 Å². The van der Waals surface area contributed by atoms with Gasteiger partial charge in [-0.05, 0) is 19.9 Å². The number of pyridine rings is 1. The number of rotatable bonds is 6. The maximum atomic E-state index is 12.2. The lowest BCUT2D eigenvalue weighted by atomic mass is 10.2. The Kier molecular flexibility index (Phi) is 4.92. The minimum Gasteiger partial charge on any atom is -0.444 e. The number of nitrogens with one attached hydrogen (secondary N) is 2. The largest absolute Gasteiger partial charge is 0.444 e. The lowest BCUT2D eigenvalue weighted by Crippen LogP contribution is -2.24. The number of anilines is 1. The van der Waals surface area contributed by atoms with Crippen LogP contribution in [0, 0.1) is 6.92 Å². The number of oxazole rings is 1. The molecule has 2 heterocycles. The zero-order chi connectivity index (χ0) is 15.2. The molecule has 6 heteroatoms. The van der Waals surface area contributed by atoms with Gasteiger partial charge in [0.2, 0.25) is 5.89 Å². The second-order valence-electron chi connectivity index (χ2n) is 4.66. The Labute approximate surface area is 124 Å². The van der Waals surface area contributed by atoms with Crippen molar-refractivity contribution in [3.63, 3.8) is 0 Å². The van der Waals surface area contributed by atoms with Crippen LogP contribution in [0.2, 0.25) is 0 Å². The molecule has 0 saturated carbocycles. The highest BCUT2D eigenvalue weighted by molar-refractivity contribution is 5.99. The number of hydrogen-bond acceptors (Lipinski definition) is 5. The summed E-state index contributed by atoms with van der Waals surface area (Å²) < 4.78 is 5.46. The van der Waals surface area contributed by atoms with Crippen molar-refractivity contribution in [1.29, 1.82) is 0 Å². The van der Waals surface area contributed by atoms with E-state index < -0.39 is 0 Å². The molecule has 0 bridgehead atoms. The van der Waals surface area contributed by atoms with Crippen molar-refractivity contribution in [2.24, 2.45) is 0 Å². The normalized spacial score (nSPS) is 10.4. The molecular formula is C15H20N4O2. The topological polar surface area (TPSA) is 80.0 Å². The molecule has 0 atom stereocenters. The van der Waals surface area contributed by atoms with Crippen LogP contribution in [0.1, 0.15) is 41.6 Å². The van der Waals surface area contributed by atoms with Crippen LogP contribution in [-0.4, -0.2) is 22.4 Å². The summed E-state index contributed by atoms with van der Waals surface area (Å²) in [4.78, 5) is 20.5. The van der Waals surface area contributed by atoms with Crippen molar-refractivity contribution < 1.29 is 9.21 Å². The minimum atomic E-state index is -0.199. The lowest BCUT2D eigenvalue weighted by Gasteiger charge is -2.10. The van der Waals surface area contributed by atoms with E-state index in [4.69, 9.17) is 4.42 Å². The van der Waals surface area contributed by atoms with Crippen LogP contribution in [0.15, 0.2) is 22.9 Å². The third-order valence-electron chi connectivity index (χ3n) is 3.00. The van der Waals surface area contributed by atoms with Gasteiger partial charge in [0, 0.05) is 24.9 Å². The number of aryl methyl sites for hydroxylation is 2. The molecule has 0 aliphatic heterocycles. The smallest absolute Gasteiger partial charge is 0.255 e. The van der Waals surface area contributed by atoms with Crippen LogP contribution >= 0.6 is 0 Å².